The lowest BCUT2D eigenvalue weighted by molar-refractivity contribution is -0.151. The highest BCUT2D eigenvalue weighted by Gasteiger charge is 2.37. The van der Waals surface area contributed by atoms with Crippen molar-refractivity contribution in [2.75, 3.05) is 13.1 Å². The van der Waals surface area contributed by atoms with E-state index in [2.05, 4.69) is 10.1 Å². The standard InChI is InChI=1S/C12H18N2O3/c1-9-6-10(13-17-9)7-14-5-3-4-12(2,8-14)11(15)16/h6H,3-5,7-8H2,1-2H3,(H,15,16). The van der Waals surface area contributed by atoms with E-state index in [1.807, 2.05) is 19.9 Å². The van der Waals surface area contributed by atoms with Crippen LogP contribution in [0.15, 0.2) is 10.6 Å². The Morgan fingerprint density at radius 3 is 3.06 bits per heavy atom. The number of carboxylic acid groups (broad SMARTS) is 1. The zero-order chi connectivity index (χ0) is 12.5. The highest BCUT2D eigenvalue weighted by Crippen LogP contribution is 2.30. The molecule has 1 aliphatic rings. The minimum Gasteiger partial charge on any atom is -0.481 e. The summed E-state index contributed by atoms with van der Waals surface area (Å²) >= 11 is 0. The Bertz CT molecular complexity index is 416. The first-order chi connectivity index (χ1) is 7.99. The average Bonchev–Trinajstić information content (AvgIpc) is 2.64. The number of carbonyl (C=O) groups is 1. The van der Waals surface area contributed by atoms with Crippen LogP contribution in [0.5, 0.6) is 0 Å². The number of piperidine rings is 1. The van der Waals surface area contributed by atoms with E-state index in [4.69, 9.17) is 4.52 Å². The quantitative estimate of drug-likeness (QED) is 0.867. The minimum atomic E-state index is -0.710. The number of carboxylic acids is 1. The van der Waals surface area contributed by atoms with Crippen molar-refractivity contribution in [2.24, 2.45) is 5.41 Å². The van der Waals surface area contributed by atoms with Gasteiger partial charge in [-0.3, -0.25) is 9.69 Å². The molecular weight excluding hydrogens is 220 g/mol. The topological polar surface area (TPSA) is 66.6 Å². The smallest absolute Gasteiger partial charge is 0.310 e. The van der Waals surface area contributed by atoms with E-state index in [1.165, 1.54) is 0 Å². The van der Waals surface area contributed by atoms with Crippen LogP contribution in [0.25, 0.3) is 0 Å². The lowest BCUT2D eigenvalue weighted by Crippen LogP contribution is -2.45. The third-order valence-electron chi connectivity index (χ3n) is 3.35. The highest BCUT2D eigenvalue weighted by atomic mass is 16.5. The number of hydrogen-bond donors (Lipinski definition) is 1. The van der Waals surface area contributed by atoms with Gasteiger partial charge in [0.2, 0.25) is 0 Å². The third kappa shape index (κ3) is 2.66. The minimum absolute atomic E-state index is 0.578. The first kappa shape index (κ1) is 12.1. The van der Waals surface area contributed by atoms with Gasteiger partial charge in [0.1, 0.15) is 5.76 Å². The summed E-state index contributed by atoms with van der Waals surface area (Å²) in [5.41, 5.74) is 0.244. The van der Waals surface area contributed by atoms with Crippen LogP contribution in [-0.2, 0) is 11.3 Å². The van der Waals surface area contributed by atoms with Crippen molar-refractivity contribution < 1.29 is 14.4 Å². The lowest BCUT2D eigenvalue weighted by atomic mass is 9.82. The number of hydrogen-bond acceptors (Lipinski definition) is 4. The molecule has 1 atom stereocenters. The summed E-state index contributed by atoms with van der Waals surface area (Å²) in [6, 6.07) is 1.90. The van der Waals surface area contributed by atoms with E-state index in [0.717, 1.165) is 30.8 Å². The second-order valence-corrected chi connectivity index (χ2v) is 5.11. The van der Waals surface area contributed by atoms with Crippen LogP contribution in [-0.4, -0.2) is 34.2 Å². The van der Waals surface area contributed by atoms with Crippen molar-refractivity contribution in [1.29, 1.82) is 0 Å². The Labute approximate surface area is 100 Å². The number of likely N-dealkylation sites (tertiary alicyclic amines) is 1. The second kappa shape index (κ2) is 4.49. The molecule has 1 unspecified atom stereocenters. The fourth-order valence-corrected chi connectivity index (χ4v) is 2.38. The van der Waals surface area contributed by atoms with Gasteiger partial charge in [-0.2, -0.15) is 0 Å². The fourth-order valence-electron chi connectivity index (χ4n) is 2.38. The van der Waals surface area contributed by atoms with E-state index >= 15 is 0 Å². The number of aliphatic carboxylic acids is 1. The van der Waals surface area contributed by atoms with E-state index < -0.39 is 11.4 Å². The molecule has 94 valence electrons. The number of nitrogens with zero attached hydrogens (tertiary/aromatic N) is 2. The maximum absolute atomic E-state index is 11.2. The summed E-state index contributed by atoms with van der Waals surface area (Å²) < 4.78 is 5.01. The molecule has 1 aliphatic heterocycles. The summed E-state index contributed by atoms with van der Waals surface area (Å²) in [5.74, 6) is 0.0801. The number of aromatic nitrogens is 1. The van der Waals surface area contributed by atoms with Crippen molar-refractivity contribution in [1.82, 2.24) is 10.1 Å². The molecule has 0 saturated carbocycles. The molecule has 5 heteroatoms. The van der Waals surface area contributed by atoms with Crippen molar-refractivity contribution in [2.45, 2.75) is 33.2 Å². The molecule has 17 heavy (non-hydrogen) atoms. The van der Waals surface area contributed by atoms with Crippen molar-refractivity contribution in [3.63, 3.8) is 0 Å². The molecular formula is C12H18N2O3. The van der Waals surface area contributed by atoms with Gasteiger partial charge in [-0.1, -0.05) is 5.16 Å². The largest absolute Gasteiger partial charge is 0.481 e. The van der Waals surface area contributed by atoms with Crippen LogP contribution in [0, 0.1) is 12.3 Å². The molecule has 1 fully saturated rings. The molecule has 1 N–H and O–H groups in total. The average molecular weight is 238 g/mol. The number of aryl methyl sites for hydroxylation is 1. The van der Waals surface area contributed by atoms with E-state index in [-0.39, 0.29) is 0 Å². The zero-order valence-electron chi connectivity index (χ0n) is 10.3. The van der Waals surface area contributed by atoms with Gasteiger partial charge in [0.25, 0.3) is 0 Å². The highest BCUT2D eigenvalue weighted by molar-refractivity contribution is 5.74. The van der Waals surface area contributed by atoms with Crippen LogP contribution >= 0.6 is 0 Å². The van der Waals surface area contributed by atoms with Crippen LogP contribution in [0.2, 0.25) is 0 Å². The van der Waals surface area contributed by atoms with Gasteiger partial charge in [-0.15, -0.1) is 0 Å². The Morgan fingerprint density at radius 2 is 2.47 bits per heavy atom. The Balaban J connectivity index is 2.00. The monoisotopic (exact) mass is 238 g/mol. The molecule has 0 bridgehead atoms. The van der Waals surface area contributed by atoms with Crippen LogP contribution in [0.4, 0.5) is 0 Å². The summed E-state index contributed by atoms with van der Waals surface area (Å²) in [7, 11) is 0. The van der Waals surface area contributed by atoms with Crippen molar-refractivity contribution in [3.8, 4) is 0 Å². The second-order valence-electron chi connectivity index (χ2n) is 5.11. The van der Waals surface area contributed by atoms with Gasteiger partial charge in [-0.25, -0.2) is 0 Å². The SMILES string of the molecule is Cc1cc(CN2CCCC(C)(C(=O)O)C2)no1. The summed E-state index contributed by atoms with van der Waals surface area (Å²) in [4.78, 5) is 13.4. The molecule has 2 rings (SSSR count). The summed E-state index contributed by atoms with van der Waals surface area (Å²) in [5, 5.41) is 13.2. The molecule has 1 aromatic rings. The molecule has 0 amide bonds. The van der Waals surface area contributed by atoms with E-state index in [1.54, 1.807) is 0 Å². The van der Waals surface area contributed by atoms with Gasteiger partial charge in [0, 0.05) is 19.2 Å². The zero-order valence-corrected chi connectivity index (χ0v) is 10.3. The van der Waals surface area contributed by atoms with Gasteiger partial charge in [0.05, 0.1) is 11.1 Å². The molecule has 0 spiro atoms. The number of rotatable bonds is 3. The predicted octanol–water partition coefficient (Wildman–Crippen LogP) is 1.67. The first-order valence-corrected chi connectivity index (χ1v) is 5.87. The normalized spacial score (nSPS) is 26.0. The third-order valence-corrected chi connectivity index (χ3v) is 3.35. The maximum atomic E-state index is 11.2. The first-order valence-electron chi connectivity index (χ1n) is 5.87. The molecule has 2 heterocycles. The predicted molar refractivity (Wildman–Crippen MR) is 61.5 cm³/mol. The molecule has 1 aromatic heterocycles. The van der Waals surface area contributed by atoms with Gasteiger partial charge < -0.3 is 9.63 Å². The van der Waals surface area contributed by atoms with E-state index in [9.17, 15) is 9.90 Å². The summed E-state index contributed by atoms with van der Waals surface area (Å²) in [6.45, 7) is 5.84. The Hall–Kier alpha value is -1.36. The van der Waals surface area contributed by atoms with Crippen LogP contribution in [0.3, 0.4) is 0 Å². The molecule has 5 nitrogen and oxygen atoms in total. The van der Waals surface area contributed by atoms with E-state index in [0.29, 0.717) is 13.1 Å². The van der Waals surface area contributed by atoms with Crippen molar-refractivity contribution in [3.05, 3.63) is 17.5 Å². The fraction of sp³-hybridized carbons (Fsp3) is 0.667. The molecule has 0 radical (unpaired) electrons. The lowest BCUT2D eigenvalue weighted by Gasteiger charge is -2.37. The van der Waals surface area contributed by atoms with Crippen LogP contribution in [0.1, 0.15) is 31.2 Å². The summed E-state index contributed by atoms with van der Waals surface area (Å²) in [6.07, 6.45) is 1.66. The Kier molecular flexibility index (Phi) is 3.19. The molecule has 0 aromatic carbocycles. The van der Waals surface area contributed by atoms with Crippen molar-refractivity contribution >= 4 is 5.97 Å². The van der Waals surface area contributed by atoms with Gasteiger partial charge in [-0.05, 0) is 33.2 Å². The van der Waals surface area contributed by atoms with Crippen LogP contribution < -0.4 is 0 Å². The maximum Gasteiger partial charge on any atom is 0.310 e. The molecule has 1 saturated heterocycles. The Morgan fingerprint density at radius 1 is 1.71 bits per heavy atom. The molecule has 0 aliphatic carbocycles. The van der Waals surface area contributed by atoms with Gasteiger partial charge >= 0.3 is 5.97 Å². The van der Waals surface area contributed by atoms with Gasteiger partial charge in [0.15, 0.2) is 0 Å².